The zero-order chi connectivity index (χ0) is 52.2. The number of nitrogens with zero attached hydrogens (tertiary/aromatic N) is 1. The van der Waals surface area contributed by atoms with E-state index in [0.29, 0.717) is 23.9 Å². The number of unbranched alkanes of at least 4 members (excludes halogenated alkanes) is 23. The van der Waals surface area contributed by atoms with E-state index in [1.807, 2.05) is 33.3 Å². The maximum Gasteiger partial charge on any atom is 0.306 e. The molecule has 9 nitrogen and oxygen atoms in total. The van der Waals surface area contributed by atoms with Crippen molar-refractivity contribution in [2.24, 2.45) is 0 Å². The summed E-state index contributed by atoms with van der Waals surface area (Å²) in [4.78, 5) is 39.8. The van der Waals surface area contributed by atoms with Gasteiger partial charge in [-0.25, -0.2) is 0 Å². The van der Waals surface area contributed by atoms with Gasteiger partial charge >= 0.3 is 5.97 Å². The molecular formula is C61H109N2O7P. The van der Waals surface area contributed by atoms with Crippen LogP contribution in [0.1, 0.15) is 239 Å². The van der Waals surface area contributed by atoms with Crippen molar-refractivity contribution in [3.05, 3.63) is 85.1 Å². The zero-order valence-electron chi connectivity index (χ0n) is 46.7. The first-order valence-corrected chi connectivity index (χ1v) is 30.4. The van der Waals surface area contributed by atoms with Gasteiger partial charge in [-0.1, -0.05) is 209 Å². The fraction of sp³-hybridized carbons (Fsp3) is 0.738. The van der Waals surface area contributed by atoms with E-state index in [1.165, 1.54) is 116 Å². The van der Waals surface area contributed by atoms with E-state index in [2.05, 4.69) is 99.0 Å². The molecule has 0 saturated heterocycles. The monoisotopic (exact) mass is 1010 g/mol. The predicted octanol–water partition coefficient (Wildman–Crippen LogP) is 16.8. The molecule has 71 heavy (non-hydrogen) atoms. The Bertz CT molecular complexity index is 1490. The number of hydrogen-bond acceptors (Lipinski definition) is 7. The number of likely N-dealkylation sites (N-methyl/N-ethyl adjacent to an activating group) is 1. The maximum atomic E-state index is 13.5. The summed E-state index contributed by atoms with van der Waals surface area (Å²) >= 11 is 0. The van der Waals surface area contributed by atoms with Crippen LogP contribution in [0.25, 0.3) is 0 Å². The summed E-state index contributed by atoms with van der Waals surface area (Å²) in [7, 11) is 1.14. The summed E-state index contributed by atoms with van der Waals surface area (Å²) < 4.78 is 30.2. The number of allylic oxidation sites excluding steroid dienone is 13. The first-order valence-electron chi connectivity index (χ1n) is 28.9. The third kappa shape index (κ3) is 51.9. The van der Waals surface area contributed by atoms with Gasteiger partial charge in [-0.15, -0.1) is 0 Å². The first-order chi connectivity index (χ1) is 34.4. The van der Waals surface area contributed by atoms with Gasteiger partial charge in [0.2, 0.25) is 5.91 Å². The van der Waals surface area contributed by atoms with Gasteiger partial charge in [0.15, 0.2) is 0 Å². The molecule has 0 spiro atoms. The molecule has 0 radical (unpaired) electrons. The summed E-state index contributed by atoms with van der Waals surface area (Å²) in [5.41, 5.74) is 0. The van der Waals surface area contributed by atoms with Crippen molar-refractivity contribution in [3.8, 4) is 0 Å². The molecule has 1 amide bonds. The smallest absolute Gasteiger partial charge is 0.306 e. The fourth-order valence-electron chi connectivity index (χ4n) is 7.78. The summed E-state index contributed by atoms with van der Waals surface area (Å²) in [5, 5.41) is 2.98. The van der Waals surface area contributed by atoms with Gasteiger partial charge in [-0.3, -0.25) is 14.2 Å². The number of hydrogen-bond donors (Lipinski definition) is 1. The number of carbonyl (C=O) groups excluding carboxylic acids is 2. The molecule has 0 aliphatic rings. The van der Waals surface area contributed by atoms with E-state index in [9.17, 15) is 19.0 Å². The molecule has 0 aliphatic carbocycles. The molecule has 1 N–H and O–H groups in total. The van der Waals surface area contributed by atoms with Crippen molar-refractivity contribution in [3.63, 3.8) is 0 Å². The van der Waals surface area contributed by atoms with Gasteiger partial charge in [0.25, 0.3) is 7.82 Å². The molecule has 0 rings (SSSR count). The third-order valence-corrected chi connectivity index (χ3v) is 13.3. The molecule has 10 heteroatoms. The lowest BCUT2D eigenvalue weighted by Gasteiger charge is -2.30. The van der Waals surface area contributed by atoms with Crippen LogP contribution < -0.4 is 10.2 Å². The van der Waals surface area contributed by atoms with Crippen molar-refractivity contribution in [1.82, 2.24) is 5.32 Å². The Hall–Kier alpha value is -2.81. The molecule has 0 heterocycles. The average Bonchev–Trinajstić information content (AvgIpc) is 3.33. The van der Waals surface area contributed by atoms with Gasteiger partial charge in [-0.2, -0.15) is 0 Å². The molecule has 0 aliphatic heterocycles. The predicted molar refractivity (Wildman–Crippen MR) is 302 cm³/mol. The van der Waals surface area contributed by atoms with Crippen LogP contribution in [0.5, 0.6) is 0 Å². The average molecular weight is 1010 g/mol. The minimum atomic E-state index is -4.71. The van der Waals surface area contributed by atoms with Crippen LogP contribution in [0, 0.1) is 0 Å². The van der Waals surface area contributed by atoms with Crippen LogP contribution in [0.3, 0.4) is 0 Å². The third-order valence-electron chi connectivity index (χ3n) is 12.3. The topological polar surface area (TPSA) is 114 Å². The normalized spacial score (nSPS) is 14.4. The van der Waals surface area contributed by atoms with Crippen LogP contribution >= 0.6 is 7.82 Å². The standard InChI is InChI=1S/C61H109N2O7P/c1-7-10-13-16-19-22-25-27-29-31-33-35-38-41-44-47-50-53-60(64)62-58(57-69-71(66,67)68-56-55-63(4,5)6)59(52-49-46-43-40-37-24-21-18-15-12-9-3)70-61(65)54-51-48-45-42-39-36-34-32-30-28-26-23-20-17-14-11-8-2/h19-20,22-23,27-30,33,35,41,44,49,52,58-59H,7-18,21,24-26,31-32,34,36-40,42-43,45-48,50-51,53-57H2,1-6H3,(H-,62,64,66,67)/b22-19-,23-20-,29-27-,30-28-,35-33-,44-41-,52-49+. The first kappa shape index (κ1) is 68.2. The second kappa shape index (κ2) is 50.7. The Morgan fingerprint density at radius 2 is 0.873 bits per heavy atom. The van der Waals surface area contributed by atoms with Crippen molar-refractivity contribution >= 4 is 19.7 Å². The maximum absolute atomic E-state index is 13.5. The van der Waals surface area contributed by atoms with E-state index < -0.39 is 26.6 Å². The summed E-state index contributed by atoms with van der Waals surface area (Å²) in [5.74, 6) is -0.620. The molecule has 0 saturated carbocycles. The Labute approximate surface area is 437 Å². The number of phosphoric acid groups is 1. The van der Waals surface area contributed by atoms with Crippen molar-refractivity contribution in [2.45, 2.75) is 251 Å². The Morgan fingerprint density at radius 1 is 0.493 bits per heavy atom. The van der Waals surface area contributed by atoms with Crippen LogP contribution in [0.15, 0.2) is 85.1 Å². The van der Waals surface area contributed by atoms with Gasteiger partial charge in [0.05, 0.1) is 33.8 Å². The number of amides is 1. The minimum absolute atomic E-state index is 0.0372. The van der Waals surface area contributed by atoms with Crippen molar-refractivity contribution in [1.29, 1.82) is 0 Å². The van der Waals surface area contributed by atoms with Crippen molar-refractivity contribution in [2.75, 3.05) is 40.9 Å². The highest BCUT2D eigenvalue weighted by Gasteiger charge is 2.27. The van der Waals surface area contributed by atoms with Gasteiger partial charge < -0.3 is 28.5 Å². The van der Waals surface area contributed by atoms with Gasteiger partial charge in [-0.05, 0) is 102 Å². The molecule has 0 aromatic carbocycles. The lowest BCUT2D eigenvalue weighted by Crippen LogP contribution is -2.47. The van der Waals surface area contributed by atoms with Gasteiger partial charge in [0, 0.05) is 12.8 Å². The Kier molecular flexibility index (Phi) is 48.7. The summed E-state index contributed by atoms with van der Waals surface area (Å²) in [6.07, 6.45) is 65.5. The second-order valence-electron chi connectivity index (χ2n) is 20.4. The van der Waals surface area contributed by atoms with Crippen LogP contribution in [0.4, 0.5) is 0 Å². The van der Waals surface area contributed by atoms with Gasteiger partial charge in [0.1, 0.15) is 19.3 Å². The lowest BCUT2D eigenvalue weighted by atomic mass is 10.1. The fourth-order valence-corrected chi connectivity index (χ4v) is 8.50. The highest BCUT2D eigenvalue weighted by atomic mass is 31.2. The molecule has 3 unspecified atom stereocenters. The largest absolute Gasteiger partial charge is 0.756 e. The summed E-state index contributed by atoms with van der Waals surface area (Å²) in [6, 6.07) is -0.923. The van der Waals surface area contributed by atoms with Crippen LogP contribution in [-0.2, 0) is 27.9 Å². The Balaban J connectivity index is 5.42. The number of phosphoric ester groups is 1. The molecule has 0 fully saturated rings. The van der Waals surface area contributed by atoms with E-state index in [-0.39, 0.29) is 31.3 Å². The molecule has 3 atom stereocenters. The van der Waals surface area contributed by atoms with E-state index >= 15 is 0 Å². The highest BCUT2D eigenvalue weighted by Crippen LogP contribution is 2.38. The minimum Gasteiger partial charge on any atom is -0.756 e. The number of rotatable bonds is 51. The Morgan fingerprint density at radius 3 is 1.34 bits per heavy atom. The summed E-state index contributed by atoms with van der Waals surface area (Å²) in [6.45, 7) is 6.72. The van der Waals surface area contributed by atoms with Crippen LogP contribution in [0.2, 0.25) is 0 Å². The number of ether oxygens (including phenoxy) is 1. The molecule has 0 aromatic heterocycles. The zero-order valence-corrected chi connectivity index (χ0v) is 47.5. The lowest BCUT2D eigenvalue weighted by molar-refractivity contribution is -0.870. The molecule has 410 valence electrons. The SMILES string of the molecule is CCCCC/C=C\C/C=C\C/C=C\C/C=C\CCCC(=O)NC(COP(=O)([O-])OCC[N+](C)(C)C)C(/C=C/CCCCCCCCCCC)OC(=O)CCCCCCCCC/C=C\C/C=C\CCCCC. The number of carbonyl (C=O) groups is 2. The number of quaternary nitrogens is 1. The van der Waals surface area contributed by atoms with E-state index in [0.717, 1.165) is 77.0 Å². The molecule has 0 aromatic rings. The molecule has 0 bridgehead atoms. The number of esters is 1. The van der Waals surface area contributed by atoms with E-state index in [4.69, 9.17) is 13.8 Å². The second-order valence-corrected chi connectivity index (χ2v) is 21.8. The molecular weight excluding hydrogens is 904 g/mol. The van der Waals surface area contributed by atoms with Crippen LogP contribution in [-0.4, -0.2) is 69.4 Å². The quantitative estimate of drug-likeness (QED) is 0.0212. The highest BCUT2D eigenvalue weighted by molar-refractivity contribution is 7.45. The van der Waals surface area contributed by atoms with Crippen molar-refractivity contribution < 1.29 is 37.3 Å². The van der Waals surface area contributed by atoms with E-state index in [1.54, 1.807) is 0 Å². The number of nitrogens with one attached hydrogen (secondary N) is 1.